The number of halogens is 1. The number of ether oxygens (including phenoxy) is 1. The first-order valence-electron chi connectivity index (χ1n) is 9.52. The minimum atomic E-state index is 0.460. The number of benzene rings is 2. The Hall–Kier alpha value is -2.90. The summed E-state index contributed by atoms with van der Waals surface area (Å²) in [6.45, 7) is 6.85. The number of nitrogens with zero attached hydrogens (tertiary/aromatic N) is 4. The second kappa shape index (κ2) is 8.63. The van der Waals surface area contributed by atoms with E-state index in [-0.39, 0.29) is 0 Å². The number of hydrogen-bond acceptors (Lipinski definition) is 7. The van der Waals surface area contributed by atoms with Gasteiger partial charge in [-0.1, -0.05) is 35.4 Å². The SMILES string of the molecule is Cc1ccc(Nc2nc(Nc3cc(Cl)ccc3C)nc(N3CCOCC3)n2)cc1. The van der Waals surface area contributed by atoms with Gasteiger partial charge in [0.25, 0.3) is 0 Å². The first-order valence-corrected chi connectivity index (χ1v) is 9.90. The normalized spacial score (nSPS) is 14.0. The third-order valence-electron chi connectivity index (χ3n) is 4.67. The van der Waals surface area contributed by atoms with Crippen LogP contribution in [-0.4, -0.2) is 41.3 Å². The molecule has 8 heteroatoms. The molecular weight excluding hydrogens is 388 g/mol. The number of anilines is 5. The summed E-state index contributed by atoms with van der Waals surface area (Å²) in [7, 11) is 0. The maximum absolute atomic E-state index is 6.16. The first kappa shape index (κ1) is 19.4. The van der Waals surface area contributed by atoms with Crippen molar-refractivity contribution in [1.29, 1.82) is 0 Å². The lowest BCUT2D eigenvalue weighted by Crippen LogP contribution is -2.37. The predicted octanol–water partition coefficient (Wildman–Crippen LogP) is 4.47. The maximum atomic E-state index is 6.16. The summed E-state index contributed by atoms with van der Waals surface area (Å²) in [5.74, 6) is 1.55. The summed E-state index contributed by atoms with van der Waals surface area (Å²) in [5, 5.41) is 7.21. The lowest BCUT2D eigenvalue weighted by molar-refractivity contribution is 0.122. The van der Waals surface area contributed by atoms with Crippen LogP contribution in [0.4, 0.5) is 29.2 Å². The molecule has 2 aromatic carbocycles. The van der Waals surface area contributed by atoms with E-state index in [2.05, 4.69) is 37.4 Å². The summed E-state index contributed by atoms with van der Waals surface area (Å²) in [4.78, 5) is 15.9. The average molecular weight is 411 g/mol. The zero-order valence-electron chi connectivity index (χ0n) is 16.4. The molecule has 0 bridgehead atoms. The molecule has 0 saturated carbocycles. The van der Waals surface area contributed by atoms with Gasteiger partial charge in [0.05, 0.1) is 13.2 Å². The Morgan fingerprint density at radius 1 is 0.897 bits per heavy atom. The van der Waals surface area contributed by atoms with E-state index in [0.29, 0.717) is 36.1 Å². The van der Waals surface area contributed by atoms with Gasteiger partial charge in [0.1, 0.15) is 0 Å². The molecule has 150 valence electrons. The highest BCUT2D eigenvalue weighted by Gasteiger charge is 2.17. The number of rotatable bonds is 5. The Kier molecular flexibility index (Phi) is 5.78. The Morgan fingerprint density at radius 2 is 1.59 bits per heavy atom. The minimum Gasteiger partial charge on any atom is -0.378 e. The Labute approximate surface area is 175 Å². The molecule has 3 aromatic rings. The molecule has 1 aliphatic heterocycles. The van der Waals surface area contributed by atoms with Crippen molar-refractivity contribution in [2.45, 2.75) is 13.8 Å². The Bertz CT molecular complexity index is 989. The van der Waals surface area contributed by atoms with Crippen LogP contribution in [0.5, 0.6) is 0 Å². The highest BCUT2D eigenvalue weighted by atomic mass is 35.5. The van der Waals surface area contributed by atoms with Crippen LogP contribution in [0.2, 0.25) is 5.02 Å². The fourth-order valence-electron chi connectivity index (χ4n) is 3.00. The van der Waals surface area contributed by atoms with E-state index < -0.39 is 0 Å². The molecule has 1 aromatic heterocycles. The highest BCUT2D eigenvalue weighted by molar-refractivity contribution is 6.30. The standard InChI is InChI=1S/C21H23ClN6O/c1-14-3-7-17(8-4-14)23-19-25-20(24-18-13-16(22)6-5-15(18)2)27-21(26-19)28-9-11-29-12-10-28/h3-8,13H,9-12H2,1-2H3,(H2,23,24,25,26,27). The average Bonchev–Trinajstić information content (AvgIpc) is 2.73. The van der Waals surface area contributed by atoms with Crippen LogP contribution in [0.3, 0.4) is 0 Å². The van der Waals surface area contributed by atoms with Crippen LogP contribution >= 0.6 is 11.6 Å². The molecular formula is C21H23ClN6O. The van der Waals surface area contributed by atoms with Crippen LogP contribution in [0, 0.1) is 13.8 Å². The lowest BCUT2D eigenvalue weighted by atomic mass is 10.2. The van der Waals surface area contributed by atoms with Crippen molar-refractivity contribution in [3.63, 3.8) is 0 Å². The molecule has 4 rings (SSSR count). The van der Waals surface area contributed by atoms with Crippen molar-refractivity contribution in [3.8, 4) is 0 Å². The van der Waals surface area contributed by atoms with Crippen LogP contribution in [0.25, 0.3) is 0 Å². The zero-order valence-corrected chi connectivity index (χ0v) is 17.2. The molecule has 0 radical (unpaired) electrons. The molecule has 7 nitrogen and oxygen atoms in total. The van der Waals surface area contributed by atoms with E-state index in [0.717, 1.165) is 30.0 Å². The van der Waals surface area contributed by atoms with Gasteiger partial charge in [0, 0.05) is 29.5 Å². The lowest BCUT2D eigenvalue weighted by Gasteiger charge is -2.27. The van der Waals surface area contributed by atoms with Gasteiger partial charge >= 0.3 is 0 Å². The van der Waals surface area contributed by atoms with Crippen molar-refractivity contribution in [3.05, 3.63) is 58.6 Å². The topological polar surface area (TPSA) is 75.2 Å². The zero-order chi connectivity index (χ0) is 20.2. The number of morpholine rings is 1. The van der Waals surface area contributed by atoms with E-state index in [4.69, 9.17) is 16.3 Å². The maximum Gasteiger partial charge on any atom is 0.233 e. The minimum absolute atomic E-state index is 0.460. The summed E-state index contributed by atoms with van der Waals surface area (Å²) in [6.07, 6.45) is 0. The van der Waals surface area contributed by atoms with Gasteiger partial charge in [-0.25, -0.2) is 0 Å². The number of nitrogens with one attached hydrogen (secondary N) is 2. The van der Waals surface area contributed by atoms with Crippen molar-refractivity contribution in [1.82, 2.24) is 15.0 Å². The van der Waals surface area contributed by atoms with Crippen LogP contribution in [0.15, 0.2) is 42.5 Å². The Balaban J connectivity index is 1.67. The van der Waals surface area contributed by atoms with Gasteiger partial charge in [-0.2, -0.15) is 15.0 Å². The van der Waals surface area contributed by atoms with Gasteiger partial charge in [-0.15, -0.1) is 0 Å². The van der Waals surface area contributed by atoms with Gasteiger partial charge in [0.15, 0.2) is 0 Å². The fraction of sp³-hybridized carbons (Fsp3) is 0.286. The summed E-state index contributed by atoms with van der Waals surface area (Å²) in [5.41, 5.74) is 4.02. The second-order valence-electron chi connectivity index (χ2n) is 6.96. The molecule has 0 amide bonds. The van der Waals surface area contributed by atoms with Crippen LogP contribution in [-0.2, 0) is 4.74 Å². The van der Waals surface area contributed by atoms with E-state index in [1.165, 1.54) is 5.56 Å². The third kappa shape index (κ3) is 4.93. The molecule has 0 atom stereocenters. The third-order valence-corrected chi connectivity index (χ3v) is 4.91. The molecule has 1 saturated heterocycles. The van der Waals surface area contributed by atoms with Gasteiger partial charge in [-0.3, -0.25) is 0 Å². The molecule has 0 aliphatic carbocycles. The number of hydrogen-bond donors (Lipinski definition) is 2. The molecule has 2 heterocycles. The Morgan fingerprint density at radius 3 is 2.31 bits per heavy atom. The fourth-order valence-corrected chi connectivity index (χ4v) is 3.17. The molecule has 1 aliphatic rings. The predicted molar refractivity (Wildman–Crippen MR) is 117 cm³/mol. The molecule has 2 N–H and O–H groups in total. The second-order valence-corrected chi connectivity index (χ2v) is 7.39. The molecule has 0 spiro atoms. The van der Waals surface area contributed by atoms with Crippen molar-refractivity contribution in [2.75, 3.05) is 41.8 Å². The molecule has 0 unspecified atom stereocenters. The summed E-state index contributed by atoms with van der Waals surface area (Å²) in [6, 6.07) is 13.8. The summed E-state index contributed by atoms with van der Waals surface area (Å²) < 4.78 is 5.45. The number of aryl methyl sites for hydroxylation is 2. The van der Waals surface area contributed by atoms with Crippen molar-refractivity contribution in [2.24, 2.45) is 0 Å². The van der Waals surface area contributed by atoms with Gasteiger partial charge in [0.2, 0.25) is 17.8 Å². The quantitative estimate of drug-likeness (QED) is 0.642. The molecule has 29 heavy (non-hydrogen) atoms. The largest absolute Gasteiger partial charge is 0.378 e. The van der Waals surface area contributed by atoms with E-state index in [1.807, 2.05) is 49.4 Å². The van der Waals surface area contributed by atoms with Gasteiger partial charge in [-0.05, 0) is 43.7 Å². The van der Waals surface area contributed by atoms with Crippen molar-refractivity contribution < 1.29 is 4.74 Å². The van der Waals surface area contributed by atoms with Crippen LogP contribution in [0.1, 0.15) is 11.1 Å². The number of aromatic nitrogens is 3. The smallest absolute Gasteiger partial charge is 0.233 e. The van der Waals surface area contributed by atoms with E-state index in [1.54, 1.807) is 0 Å². The van der Waals surface area contributed by atoms with E-state index >= 15 is 0 Å². The summed E-state index contributed by atoms with van der Waals surface area (Å²) >= 11 is 6.16. The van der Waals surface area contributed by atoms with Gasteiger partial charge < -0.3 is 20.3 Å². The highest BCUT2D eigenvalue weighted by Crippen LogP contribution is 2.25. The van der Waals surface area contributed by atoms with Crippen LogP contribution < -0.4 is 15.5 Å². The first-order chi connectivity index (χ1) is 14.1. The van der Waals surface area contributed by atoms with Crippen molar-refractivity contribution >= 4 is 40.8 Å². The molecule has 1 fully saturated rings. The van der Waals surface area contributed by atoms with E-state index in [9.17, 15) is 0 Å². The monoisotopic (exact) mass is 410 g/mol.